The van der Waals surface area contributed by atoms with Crippen LogP contribution >= 0.6 is 0 Å². The summed E-state index contributed by atoms with van der Waals surface area (Å²) in [5.41, 5.74) is 6.22. The Kier molecular flexibility index (Phi) is 2.15. The number of carbonyl (C=O) groups excluding carboxylic acids is 1. The van der Waals surface area contributed by atoms with Crippen LogP contribution in [0.4, 0.5) is 5.69 Å². The quantitative estimate of drug-likeness (QED) is 0.697. The molecule has 1 atom stereocenters. The van der Waals surface area contributed by atoms with Gasteiger partial charge in [0.15, 0.2) is 0 Å². The molecule has 0 radical (unpaired) electrons. The fraction of sp³-hybridized carbons (Fsp3) is 0.556. The van der Waals surface area contributed by atoms with E-state index in [9.17, 15) is 4.79 Å². The zero-order valence-electron chi connectivity index (χ0n) is 8.18. The third-order valence-corrected chi connectivity index (χ3v) is 2.63. The Labute approximate surface area is 82.5 Å². The Balaban J connectivity index is 2.10. The van der Waals surface area contributed by atoms with Crippen LogP contribution in [-0.2, 0) is 4.79 Å². The van der Waals surface area contributed by atoms with Crippen molar-refractivity contribution in [1.82, 2.24) is 14.7 Å². The molecule has 76 valence electrons. The summed E-state index contributed by atoms with van der Waals surface area (Å²) >= 11 is 0. The molecule has 0 saturated carbocycles. The Morgan fingerprint density at radius 3 is 3.00 bits per heavy atom. The van der Waals surface area contributed by atoms with Gasteiger partial charge in [0.05, 0.1) is 17.9 Å². The summed E-state index contributed by atoms with van der Waals surface area (Å²) in [5, 5.41) is 4.12. The van der Waals surface area contributed by atoms with E-state index in [1.54, 1.807) is 22.0 Å². The van der Waals surface area contributed by atoms with Gasteiger partial charge in [0.2, 0.25) is 5.91 Å². The Morgan fingerprint density at radius 2 is 2.43 bits per heavy atom. The maximum atomic E-state index is 11.4. The molecule has 5 heteroatoms. The molecular formula is C9H14N4O. The number of nitrogen functional groups attached to an aromatic ring is 1. The average molecular weight is 194 g/mol. The number of piperidine rings is 1. The van der Waals surface area contributed by atoms with Gasteiger partial charge in [0.25, 0.3) is 0 Å². The maximum absolute atomic E-state index is 11.4. The van der Waals surface area contributed by atoms with Crippen LogP contribution < -0.4 is 5.73 Å². The molecule has 0 spiro atoms. The highest BCUT2D eigenvalue weighted by molar-refractivity contribution is 5.77. The van der Waals surface area contributed by atoms with Crippen LogP contribution in [0.1, 0.15) is 18.9 Å². The van der Waals surface area contributed by atoms with E-state index in [1.165, 1.54) is 0 Å². The number of rotatable bonds is 1. The molecule has 1 fully saturated rings. The molecule has 1 unspecified atom stereocenters. The van der Waals surface area contributed by atoms with Crippen molar-refractivity contribution in [3.63, 3.8) is 0 Å². The third-order valence-electron chi connectivity index (χ3n) is 2.63. The minimum absolute atomic E-state index is 0.176. The Bertz CT molecular complexity index is 346. The fourth-order valence-electron chi connectivity index (χ4n) is 1.71. The summed E-state index contributed by atoms with van der Waals surface area (Å²) in [5.74, 6) is 0.176. The lowest BCUT2D eigenvalue weighted by Crippen LogP contribution is -2.36. The predicted octanol–water partition coefficient (Wildman–Crippen LogP) is 0.259. The highest BCUT2D eigenvalue weighted by Crippen LogP contribution is 2.22. The second-order valence-corrected chi connectivity index (χ2v) is 3.72. The van der Waals surface area contributed by atoms with E-state index in [0.717, 1.165) is 13.0 Å². The Morgan fingerprint density at radius 1 is 1.64 bits per heavy atom. The van der Waals surface area contributed by atoms with Gasteiger partial charge in [-0.15, -0.1) is 0 Å². The molecule has 2 rings (SSSR count). The van der Waals surface area contributed by atoms with E-state index < -0.39 is 0 Å². The highest BCUT2D eigenvalue weighted by Gasteiger charge is 2.24. The van der Waals surface area contributed by atoms with Crippen LogP contribution in [0.3, 0.4) is 0 Å². The van der Waals surface area contributed by atoms with Crippen molar-refractivity contribution in [2.24, 2.45) is 0 Å². The van der Waals surface area contributed by atoms with E-state index in [-0.39, 0.29) is 11.9 Å². The van der Waals surface area contributed by atoms with Crippen LogP contribution in [-0.4, -0.2) is 34.2 Å². The molecule has 1 amide bonds. The first-order chi connectivity index (χ1) is 6.66. The average Bonchev–Trinajstić information content (AvgIpc) is 2.57. The highest BCUT2D eigenvalue weighted by atomic mass is 16.2. The van der Waals surface area contributed by atoms with Crippen LogP contribution in [0.15, 0.2) is 12.4 Å². The molecular weight excluding hydrogens is 180 g/mol. The first-order valence-electron chi connectivity index (χ1n) is 4.70. The minimum Gasteiger partial charge on any atom is -0.396 e. The molecule has 0 aromatic carbocycles. The van der Waals surface area contributed by atoms with E-state index in [0.29, 0.717) is 12.1 Å². The molecule has 1 aliphatic heterocycles. The normalized spacial score (nSPS) is 22.8. The van der Waals surface area contributed by atoms with Gasteiger partial charge in [-0.05, 0) is 6.42 Å². The van der Waals surface area contributed by atoms with Gasteiger partial charge >= 0.3 is 0 Å². The number of aromatic nitrogens is 2. The van der Waals surface area contributed by atoms with Gasteiger partial charge in [-0.25, -0.2) is 0 Å². The van der Waals surface area contributed by atoms with Crippen molar-refractivity contribution in [3.05, 3.63) is 12.4 Å². The number of anilines is 1. The lowest BCUT2D eigenvalue weighted by atomic mass is 10.1. The zero-order valence-corrected chi connectivity index (χ0v) is 8.18. The topological polar surface area (TPSA) is 64.2 Å². The number of amides is 1. The van der Waals surface area contributed by atoms with E-state index in [2.05, 4.69) is 5.10 Å². The van der Waals surface area contributed by atoms with E-state index in [4.69, 9.17) is 5.73 Å². The number of hydrogen-bond acceptors (Lipinski definition) is 3. The van der Waals surface area contributed by atoms with Crippen molar-refractivity contribution < 1.29 is 4.79 Å². The Hall–Kier alpha value is -1.52. The fourth-order valence-corrected chi connectivity index (χ4v) is 1.71. The summed E-state index contributed by atoms with van der Waals surface area (Å²) in [4.78, 5) is 13.2. The van der Waals surface area contributed by atoms with Crippen molar-refractivity contribution in [1.29, 1.82) is 0 Å². The molecule has 1 saturated heterocycles. The maximum Gasteiger partial charge on any atom is 0.224 e. The van der Waals surface area contributed by atoms with Crippen molar-refractivity contribution >= 4 is 11.6 Å². The molecule has 1 aliphatic rings. The lowest BCUT2D eigenvalue weighted by Gasteiger charge is -2.28. The molecule has 1 aromatic heterocycles. The molecule has 0 aliphatic carbocycles. The first kappa shape index (κ1) is 9.05. The van der Waals surface area contributed by atoms with Crippen LogP contribution in [0.5, 0.6) is 0 Å². The number of likely N-dealkylation sites (tertiary alicyclic amines) is 1. The van der Waals surface area contributed by atoms with Gasteiger partial charge in [0, 0.05) is 26.2 Å². The van der Waals surface area contributed by atoms with Gasteiger partial charge in [0.1, 0.15) is 0 Å². The second-order valence-electron chi connectivity index (χ2n) is 3.72. The second kappa shape index (κ2) is 3.32. The summed E-state index contributed by atoms with van der Waals surface area (Å²) in [6.45, 7) is 0.795. The zero-order chi connectivity index (χ0) is 10.1. The summed E-state index contributed by atoms with van der Waals surface area (Å²) in [6, 6.07) is 0.177. The number of carbonyl (C=O) groups is 1. The third kappa shape index (κ3) is 1.57. The number of nitrogens with two attached hydrogens (primary N) is 1. The first-order valence-corrected chi connectivity index (χ1v) is 4.70. The van der Waals surface area contributed by atoms with Crippen LogP contribution in [0.2, 0.25) is 0 Å². The van der Waals surface area contributed by atoms with Gasteiger partial charge < -0.3 is 10.6 Å². The smallest absolute Gasteiger partial charge is 0.224 e. The minimum atomic E-state index is 0.176. The lowest BCUT2D eigenvalue weighted by molar-refractivity contribution is -0.133. The summed E-state index contributed by atoms with van der Waals surface area (Å²) in [7, 11) is 1.83. The van der Waals surface area contributed by atoms with E-state index >= 15 is 0 Å². The van der Waals surface area contributed by atoms with Gasteiger partial charge in [-0.1, -0.05) is 0 Å². The summed E-state index contributed by atoms with van der Waals surface area (Å²) < 4.78 is 1.79. The van der Waals surface area contributed by atoms with Crippen molar-refractivity contribution in [2.75, 3.05) is 19.3 Å². The number of hydrogen-bond donors (Lipinski definition) is 1. The molecule has 5 nitrogen and oxygen atoms in total. The number of nitrogens with zero attached hydrogens (tertiary/aromatic N) is 3. The van der Waals surface area contributed by atoms with Crippen LogP contribution in [0.25, 0.3) is 0 Å². The summed E-state index contributed by atoms with van der Waals surface area (Å²) in [6.07, 6.45) is 4.87. The SMILES string of the molecule is CN1CCC(n2cc(N)cn2)CC1=O. The molecule has 0 bridgehead atoms. The molecule has 2 N–H and O–H groups in total. The molecule has 1 aromatic rings. The van der Waals surface area contributed by atoms with E-state index in [1.807, 2.05) is 7.05 Å². The van der Waals surface area contributed by atoms with Gasteiger partial charge in [-0.3, -0.25) is 9.48 Å². The monoisotopic (exact) mass is 194 g/mol. The standard InChI is InChI=1S/C9H14N4O/c1-12-3-2-8(4-9(12)14)13-6-7(10)5-11-13/h5-6,8H,2-4,10H2,1H3. The molecule has 2 heterocycles. The van der Waals surface area contributed by atoms with Gasteiger partial charge in [-0.2, -0.15) is 5.10 Å². The van der Waals surface area contributed by atoms with Crippen molar-refractivity contribution in [2.45, 2.75) is 18.9 Å². The van der Waals surface area contributed by atoms with Crippen molar-refractivity contribution in [3.8, 4) is 0 Å². The van der Waals surface area contributed by atoms with Crippen LogP contribution in [0, 0.1) is 0 Å². The molecule has 14 heavy (non-hydrogen) atoms. The predicted molar refractivity (Wildman–Crippen MR) is 52.5 cm³/mol. The largest absolute Gasteiger partial charge is 0.396 e.